The Hall–Kier alpha value is -2.63. The molecule has 0 unspecified atom stereocenters. The lowest BCUT2D eigenvalue weighted by atomic mass is 9.96. The molecule has 2 aliphatic rings. The number of carboxylic acids is 1. The molecule has 0 aliphatic carbocycles. The van der Waals surface area contributed by atoms with Crippen molar-refractivity contribution < 1.29 is 32.7 Å². The number of aromatic nitrogens is 2. The Morgan fingerprint density at radius 1 is 1.27 bits per heavy atom. The van der Waals surface area contributed by atoms with Crippen molar-refractivity contribution in [3.63, 3.8) is 0 Å². The van der Waals surface area contributed by atoms with Crippen LogP contribution < -0.4 is 0 Å². The number of nitrogens with zero attached hydrogens (tertiary/aromatic N) is 5. The summed E-state index contributed by atoms with van der Waals surface area (Å²) in [5, 5.41) is 11.3. The van der Waals surface area contributed by atoms with E-state index in [1.165, 1.54) is 5.56 Å². The number of piperidine rings is 1. The van der Waals surface area contributed by atoms with Gasteiger partial charge in [0.05, 0.1) is 6.20 Å². The highest BCUT2D eigenvalue weighted by Crippen LogP contribution is 2.32. The molecule has 0 bridgehead atoms. The zero-order valence-corrected chi connectivity index (χ0v) is 17.1. The van der Waals surface area contributed by atoms with Crippen molar-refractivity contribution in [2.24, 2.45) is 7.05 Å². The Morgan fingerprint density at radius 2 is 1.90 bits per heavy atom. The van der Waals surface area contributed by atoms with E-state index >= 15 is 0 Å². The van der Waals surface area contributed by atoms with Crippen LogP contribution in [0, 0.1) is 0 Å². The lowest BCUT2D eigenvalue weighted by Gasteiger charge is -2.39. The Kier molecular flexibility index (Phi) is 7.45. The predicted molar refractivity (Wildman–Crippen MR) is 99.1 cm³/mol. The number of alkyl halides is 3. The molecule has 2 amide bonds. The quantitative estimate of drug-likeness (QED) is 0.751. The molecule has 3 rings (SSSR count). The number of rotatable bonds is 4. The Balaban J connectivity index is 0.000000396. The number of hydrogen-bond acceptors (Lipinski definition) is 5. The minimum absolute atomic E-state index is 0.00953. The molecule has 0 saturated carbocycles. The normalized spacial score (nSPS) is 21.7. The Morgan fingerprint density at radius 3 is 2.40 bits per heavy atom. The number of likely N-dealkylation sites (N-methyl/N-ethyl adjacent to an activating group) is 1. The van der Waals surface area contributed by atoms with Gasteiger partial charge in [-0.2, -0.15) is 18.3 Å². The van der Waals surface area contributed by atoms with Crippen molar-refractivity contribution in [3.05, 3.63) is 18.0 Å². The smallest absolute Gasteiger partial charge is 0.475 e. The number of carbonyl (C=O) groups is 3. The molecule has 2 aliphatic heterocycles. The number of aliphatic carboxylic acids is 1. The Labute approximate surface area is 172 Å². The van der Waals surface area contributed by atoms with Crippen LogP contribution in [0.5, 0.6) is 0 Å². The molecule has 0 spiro atoms. The van der Waals surface area contributed by atoms with Crippen LogP contribution in [0.25, 0.3) is 0 Å². The Bertz CT molecular complexity index is 780. The van der Waals surface area contributed by atoms with Gasteiger partial charge in [0.1, 0.15) is 6.54 Å². The van der Waals surface area contributed by atoms with E-state index < -0.39 is 12.1 Å². The van der Waals surface area contributed by atoms with Crippen LogP contribution in [0.3, 0.4) is 0 Å². The van der Waals surface area contributed by atoms with Crippen LogP contribution in [0.1, 0.15) is 24.8 Å². The molecule has 0 radical (unpaired) electrons. The minimum atomic E-state index is -5.08. The van der Waals surface area contributed by atoms with E-state index in [-0.39, 0.29) is 24.4 Å². The third kappa shape index (κ3) is 5.94. The summed E-state index contributed by atoms with van der Waals surface area (Å²) < 4.78 is 33.6. The molecule has 1 aromatic heterocycles. The van der Waals surface area contributed by atoms with Crippen LogP contribution in [0.2, 0.25) is 0 Å². The first-order valence-electron chi connectivity index (χ1n) is 9.41. The maximum absolute atomic E-state index is 12.3. The summed E-state index contributed by atoms with van der Waals surface area (Å²) in [6, 6.07) is 0.514. The highest BCUT2D eigenvalue weighted by Gasteiger charge is 2.43. The largest absolute Gasteiger partial charge is 0.490 e. The molecule has 12 heteroatoms. The summed E-state index contributed by atoms with van der Waals surface area (Å²) in [4.78, 5) is 39.0. The molecule has 30 heavy (non-hydrogen) atoms. The van der Waals surface area contributed by atoms with Gasteiger partial charge in [0.2, 0.25) is 11.8 Å². The van der Waals surface area contributed by atoms with Gasteiger partial charge in [-0.1, -0.05) is 0 Å². The number of carboxylic acid groups (broad SMARTS) is 1. The second-order valence-electron chi connectivity index (χ2n) is 7.57. The van der Waals surface area contributed by atoms with Crippen molar-refractivity contribution >= 4 is 17.8 Å². The first-order valence-corrected chi connectivity index (χ1v) is 9.41. The molecule has 0 aromatic carbocycles. The molecular formula is C18H26F3N5O4. The van der Waals surface area contributed by atoms with Gasteiger partial charge in [-0.25, -0.2) is 4.79 Å². The zero-order chi connectivity index (χ0) is 22.6. The first-order chi connectivity index (χ1) is 13.9. The number of carbonyl (C=O) groups excluding carboxylic acids is 2. The van der Waals surface area contributed by atoms with Crippen LogP contribution in [0.15, 0.2) is 12.4 Å². The fourth-order valence-electron chi connectivity index (χ4n) is 3.72. The number of halogens is 3. The topological polar surface area (TPSA) is 99.0 Å². The van der Waals surface area contributed by atoms with Gasteiger partial charge in [-0.15, -0.1) is 0 Å². The van der Waals surface area contributed by atoms with E-state index in [1.807, 2.05) is 24.1 Å². The average molecular weight is 433 g/mol. The number of aryl methyl sites for hydroxylation is 1. The van der Waals surface area contributed by atoms with E-state index in [1.54, 1.807) is 23.9 Å². The van der Waals surface area contributed by atoms with E-state index in [4.69, 9.17) is 9.90 Å². The predicted octanol–water partition coefficient (Wildman–Crippen LogP) is 0.707. The molecule has 9 nitrogen and oxygen atoms in total. The van der Waals surface area contributed by atoms with Crippen molar-refractivity contribution in [2.75, 3.05) is 27.2 Å². The number of likely N-dealkylation sites (tertiary alicyclic amines) is 2. The van der Waals surface area contributed by atoms with Gasteiger partial charge in [-0.05, 0) is 12.8 Å². The van der Waals surface area contributed by atoms with Crippen LogP contribution in [-0.4, -0.2) is 92.8 Å². The van der Waals surface area contributed by atoms with Gasteiger partial charge in [0.25, 0.3) is 0 Å². The number of fused-ring (bicyclic) bond motifs is 1. The summed E-state index contributed by atoms with van der Waals surface area (Å²) >= 11 is 0. The molecule has 2 saturated heterocycles. The van der Waals surface area contributed by atoms with Gasteiger partial charge < -0.3 is 14.9 Å². The lowest BCUT2D eigenvalue weighted by molar-refractivity contribution is -0.192. The molecule has 1 N–H and O–H groups in total. The highest BCUT2D eigenvalue weighted by molar-refractivity contribution is 5.85. The second-order valence-corrected chi connectivity index (χ2v) is 7.57. The molecule has 2 fully saturated rings. The third-order valence-electron chi connectivity index (χ3n) is 5.19. The highest BCUT2D eigenvalue weighted by atomic mass is 19.4. The fourth-order valence-corrected chi connectivity index (χ4v) is 3.72. The van der Waals surface area contributed by atoms with Gasteiger partial charge in [0.15, 0.2) is 0 Å². The number of hydrogen-bond donors (Lipinski definition) is 1. The van der Waals surface area contributed by atoms with Crippen molar-refractivity contribution in [1.82, 2.24) is 24.5 Å². The van der Waals surface area contributed by atoms with Crippen molar-refractivity contribution in [2.45, 2.75) is 44.1 Å². The summed E-state index contributed by atoms with van der Waals surface area (Å²) in [5.41, 5.74) is 1.20. The van der Waals surface area contributed by atoms with Gasteiger partial charge >= 0.3 is 12.1 Å². The lowest BCUT2D eigenvalue weighted by Crippen LogP contribution is -2.54. The van der Waals surface area contributed by atoms with Crippen molar-refractivity contribution in [3.8, 4) is 0 Å². The summed E-state index contributed by atoms with van der Waals surface area (Å²) in [6.07, 6.45) is 1.21. The van der Waals surface area contributed by atoms with E-state index in [2.05, 4.69) is 10.00 Å². The summed E-state index contributed by atoms with van der Waals surface area (Å²) in [7, 11) is 5.39. The summed E-state index contributed by atoms with van der Waals surface area (Å²) in [5.74, 6) is -2.65. The molecular weight excluding hydrogens is 407 g/mol. The molecule has 168 valence electrons. The second kappa shape index (κ2) is 9.45. The zero-order valence-electron chi connectivity index (χ0n) is 17.1. The average Bonchev–Trinajstić information content (AvgIpc) is 3.23. The fraction of sp³-hybridized carbons (Fsp3) is 0.667. The standard InChI is InChI=1S/C16H25N5O2.C2HF3O2/c1-18(2)16(23)11-21-14-6-7-20(13(14)4-5-15(21)22)10-12-8-17-19(3)9-12;3-2(4,5)1(6)7/h8-9,13-14H,4-7,10-11H2,1-3H3;(H,6,7)/t13-,14-;/m1./s1. The minimum Gasteiger partial charge on any atom is -0.475 e. The van der Waals surface area contributed by atoms with Crippen LogP contribution >= 0.6 is 0 Å². The molecule has 1 aromatic rings. The number of amides is 2. The van der Waals surface area contributed by atoms with Crippen molar-refractivity contribution in [1.29, 1.82) is 0 Å². The molecule has 2 atom stereocenters. The maximum atomic E-state index is 12.3. The first kappa shape index (κ1) is 23.6. The molecule has 3 heterocycles. The van der Waals surface area contributed by atoms with E-state index in [0.717, 1.165) is 25.9 Å². The van der Waals surface area contributed by atoms with Gasteiger partial charge in [-0.3, -0.25) is 19.2 Å². The summed E-state index contributed by atoms with van der Waals surface area (Å²) in [6.45, 7) is 2.02. The SMILES string of the molecule is CN(C)C(=O)CN1C(=O)CC[C@@H]2[C@H]1CCN2Cc1cnn(C)c1.O=C(O)C(F)(F)F. The van der Waals surface area contributed by atoms with E-state index in [0.29, 0.717) is 12.5 Å². The van der Waals surface area contributed by atoms with Gasteiger partial charge in [0, 0.05) is 64.5 Å². The maximum Gasteiger partial charge on any atom is 0.490 e. The van der Waals surface area contributed by atoms with Crippen LogP contribution in [-0.2, 0) is 28.0 Å². The van der Waals surface area contributed by atoms with Crippen LogP contribution in [0.4, 0.5) is 13.2 Å². The van der Waals surface area contributed by atoms with E-state index in [9.17, 15) is 22.8 Å². The monoisotopic (exact) mass is 433 g/mol. The third-order valence-corrected chi connectivity index (χ3v) is 5.19.